The summed E-state index contributed by atoms with van der Waals surface area (Å²) in [6.07, 6.45) is -0.466. The number of nitrogens with zero attached hydrogens (tertiary/aromatic N) is 1. The lowest BCUT2D eigenvalue weighted by Crippen LogP contribution is -2.21. The second kappa shape index (κ2) is 7.25. The van der Waals surface area contributed by atoms with Gasteiger partial charge in [0.05, 0.1) is 6.10 Å². The minimum atomic E-state index is -0.466. The normalized spacial score (nSPS) is 12.2. The Labute approximate surface area is 127 Å². The number of aryl methyl sites for hydroxylation is 1. The van der Waals surface area contributed by atoms with Crippen LogP contribution in [0, 0.1) is 6.92 Å². The average molecular weight is 284 g/mol. The predicted molar refractivity (Wildman–Crippen MR) is 88.6 cm³/mol. The Balaban J connectivity index is 1.82. The predicted octanol–water partition coefficient (Wildman–Crippen LogP) is 2.88. The Morgan fingerprint density at radius 2 is 1.62 bits per heavy atom. The number of hydrogen-bond acceptors (Lipinski definition) is 3. The van der Waals surface area contributed by atoms with Gasteiger partial charge in [0, 0.05) is 32.9 Å². The van der Waals surface area contributed by atoms with Crippen LogP contribution in [0.15, 0.2) is 48.5 Å². The fourth-order valence-electron chi connectivity index (χ4n) is 2.17. The first kappa shape index (κ1) is 15.5. The van der Waals surface area contributed by atoms with Crippen molar-refractivity contribution >= 4 is 5.69 Å². The molecule has 0 amide bonds. The van der Waals surface area contributed by atoms with Crippen molar-refractivity contribution in [1.29, 1.82) is 0 Å². The minimum absolute atomic E-state index is 0.466. The maximum Gasteiger partial charge on any atom is 0.0914 e. The van der Waals surface area contributed by atoms with Crippen LogP contribution in [-0.2, 0) is 6.54 Å². The molecule has 21 heavy (non-hydrogen) atoms. The fourth-order valence-corrected chi connectivity index (χ4v) is 2.17. The Bertz CT molecular complexity index is 546. The van der Waals surface area contributed by atoms with Gasteiger partial charge < -0.3 is 15.3 Å². The van der Waals surface area contributed by atoms with Crippen LogP contribution in [0.5, 0.6) is 0 Å². The lowest BCUT2D eigenvalue weighted by Gasteiger charge is -2.14. The lowest BCUT2D eigenvalue weighted by molar-refractivity contribution is 0.174. The molecule has 0 fully saturated rings. The van der Waals surface area contributed by atoms with Gasteiger partial charge in [-0.15, -0.1) is 0 Å². The highest BCUT2D eigenvalue weighted by Gasteiger charge is 2.06. The maximum atomic E-state index is 10.1. The number of hydrogen-bond donors (Lipinski definition) is 2. The van der Waals surface area contributed by atoms with E-state index in [0.717, 1.165) is 12.1 Å². The zero-order chi connectivity index (χ0) is 15.2. The molecule has 0 saturated heterocycles. The number of anilines is 1. The second-order valence-electron chi connectivity index (χ2n) is 5.62. The van der Waals surface area contributed by atoms with E-state index >= 15 is 0 Å². The summed E-state index contributed by atoms with van der Waals surface area (Å²) in [5.41, 5.74) is 4.58. The van der Waals surface area contributed by atoms with E-state index in [0.29, 0.717) is 6.54 Å². The summed E-state index contributed by atoms with van der Waals surface area (Å²) >= 11 is 0. The third-order valence-electron chi connectivity index (χ3n) is 3.58. The quantitative estimate of drug-likeness (QED) is 0.856. The molecule has 0 aliphatic rings. The van der Waals surface area contributed by atoms with Crippen LogP contribution in [0.1, 0.15) is 22.8 Å². The van der Waals surface area contributed by atoms with Crippen LogP contribution in [0.4, 0.5) is 5.69 Å². The van der Waals surface area contributed by atoms with Crippen LogP contribution in [-0.4, -0.2) is 25.7 Å². The first-order chi connectivity index (χ1) is 10.1. The summed E-state index contributed by atoms with van der Waals surface area (Å²) in [4.78, 5) is 2.08. The van der Waals surface area contributed by atoms with Crippen LogP contribution < -0.4 is 10.2 Å². The summed E-state index contributed by atoms with van der Waals surface area (Å²) in [6, 6.07) is 16.4. The number of rotatable bonds is 6. The van der Waals surface area contributed by atoms with Gasteiger partial charge in [0.25, 0.3) is 0 Å². The third-order valence-corrected chi connectivity index (χ3v) is 3.58. The molecular formula is C18H24N2O. The maximum absolute atomic E-state index is 10.1. The largest absolute Gasteiger partial charge is 0.387 e. The molecule has 2 N–H and O–H groups in total. The number of aliphatic hydroxyl groups excluding tert-OH is 1. The van der Waals surface area contributed by atoms with E-state index in [1.807, 2.05) is 45.3 Å². The summed E-state index contributed by atoms with van der Waals surface area (Å²) in [6.45, 7) is 3.36. The molecule has 3 nitrogen and oxygen atoms in total. The highest BCUT2D eigenvalue weighted by atomic mass is 16.3. The van der Waals surface area contributed by atoms with Crippen molar-refractivity contribution in [2.45, 2.75) is 19.6 Å². The van der Waals surface area contributed by atoms with Gasteiger partial charge in [0.1, 0.15) is 0 Å². The minimum Gasteiger partial charge on any atom is -0.387 e. The van der Waals surface area contributed by atoms with Crippen molar-refractivity contribution in [3.05, 3.63) is 65.2 Å². The molecule has 0 saturated carbocycles. The molecule has 1 unspecified atom stereocenters. The molecule has 0 aromatic heterocycles. The Kier molecular flexibility index (Phi) is 5.37. The van der Waals surface area contributed by atoms with E-state index in [1.165, 1.54) is 16.8 Å². The smallest absolute Gasteiger partial charge is 0.0914 e. The van der Waals surface area contributed by atoms with Crippen molar-refractivity contribution < 1.29 is 5.11 Å². The highest BCUT2D eigenvalue weighted by molar-refractivity contribution is 5.45. The Morgan fingerprint density at radius 3 is 2.19 bits per heavy atom. The van der Waals surface area contributed by atoms with E-state index in [1.54, 1.807) is 0 Å². The first-order valence-corrected chi connectivity index (χ1v) is 7.28. The van der Waals surface area contributed by atoms with Gasteiger partial charge in [-0.3, -0.25) is 0 Å². The average Bonchev–Trinajstić information content (AvgIpc) is 2.48. The van der Waals surface area contributed by atoms with Crippen molar-refractivity contribution in [2.75, 3.05) is 25.5 Å². The van der Waals surface area contributed by atoms with E-state index in [-0.39, 0.29) is 0 Å². The lowest BCUT2D eigenvalue weighted by atomic mass is 10.1. The highest BCUT2D eigenvalue weighted by Crippen LogP contribution is 2.14. The van der Waals surface area contributed by atoms with Crippen molar-refractivity contribution in [2.24, 2.45) is 0 Å². The molecular weight excluding hydrogens is 260 g/mol. The standard InChI is InChI=1S/C18H24N2O/c1-14-4-8-16(9-5-14)18(21)13-19-12-15-6-10-17(11-7-15)20(2)3/h4-11,18-19,21H,12-13H2,1-3H3. The van der Waals surface area contributed by atoms with E-state index < -0.39 is 6.10 Å². The molecule has 0 bridgehead atoms. The third kappa shape index (κ3) is 4.59. The molecule has 1 atom stereocenters. The Hall–Kier alpha value is -1.84. The SMILES string of the molecule is Cc1ccc(C(O)CNCc2ccc(N(C)C)cc2)cc1. The molecule has 2 aromatic rings. The topological polar surface area (TPSA) is 35.5 Å². The van der Waals surface area contributed by atoms with Crippen LogP contribution in [0.3, 0.4) is 0 Å². The molecule has 0 spiro atoms. The number of aliphatic hydroxyl groups is 1. The second-order valence-corrected chi connectivity index (χ2v) is 5.62. The van der Waals surface area contributed by atoms with Gasteiger partial charge in [-0.25, -0.2) is 0 Å². The summed E-state index contributed by atoms with van der Waals surface area (Å²) in [5, 5.41) is 13.4. The molecule has 0 aliphatic heterocycles. The molecule has 2 rings (SSSR count). The van der Waals surface area contributed by atoms with Gasteiger partial charge in [-0.05, 0) is 30.2 Å². The fraction of sp³-hybridized carbons (Fsp3) is 0.333. The molecule has 112 valence electrons. The van der Waals surface area contributed by atoms with Crippen molar-refractivity contribution in [3.63, 3.8) is 0 Å². The van der Waals surface area contributed by atoms with Crippen molar-refractivity contribution in [1.82, 2.24) is 5.32 Å². The first-order valence-electron chi connectivity index (χ1n) is 7.28. The van der Waals surface area contributed by atoms with Gasteiger partial charge in [0.2, 0.25) is 0 Å². The summed E-state index contributed by atoms with van der Waals surface area (Å²) in [7, 11) is 4.07. The van der Waals surface area contributed by atoms with Gasteiger partial charge in [0.15, 0.2) is 0 Å². The zero-order valence-electron chi connectivity index (χ0n) is 13.0. The van der Waals surface area contributed by atoms with Crippen LogP contribution in [0.2, 0.25) is 0 Å². The molecule has 0 heterocycles. The molecule has 0 aliphatic carbocycles. The molecule has 0 radical (unpaired) electrons. The van der Waals surface area contributed by atoms with Gasteiger partial charge in [-0.1, -0.05) is 42.0 Å². The zero-order valence-corrected chi connectivity index (χ0v) is 13.0. The van der Waals surface area contributed by atoms with E-state index in [4.69, 9.17) is 0 Å². The van der Waals surface area contributed by atoms with E-state index in [9.17, 15) is 5.11 Å². The van der Waals surface area contributed by atoms with Crippen LogP contribution in [0.25, 0.3) is 0 Å². The van der Waals surface area contributed by atoms with Crippen LogP contribution >= 0.6 is 0 Å². The number of benzene rings is 2. The Morgan fingerprint density at radius 1 is 1.00 bits per heavy atom. The van der Waals surface area contributed by atoms with Gasteiger partial charge >= 0.3 is 0 Å². The van der Waals surface area contributed by atoms with E-state index in [2.05, 4.69) is 34.5 Å². The number of nitrogens with one attached hydrogen (secondary N) is 1. The van der Waals surface area contributed by atoms with Crippen molar-refractivity contribution in [3.8, 4) is 0 Å². The summed E-state index contributed by atoms with van der Waals surface area (Å²) in [5.74, 6) is 0. The van der Waals surface area contributed by atoms with Gasteiger partial charge in [-0.2, -0.15) is 0 Å². The monoisotopic (exact) mass is 284 g/mol. The molecule has 3 heteroatoms. The molecule has 2 aromatic carbocycles. The summed E-state index contributed by atoms with van der Waals surface area (Å²) < 4.78 is 0.